The zero-order valence-electron chi connectivity index (χ0n) is 31.9. The summed E-state index contributed by atoms with van der Waals surface area (Å²) < 4.78 is 2.63. The van der Waals surface area contributed by atoms with Gasteiger partial charge in [0.1, 0.15) is 0 Å². The summed E-state index contributed by atoms with van der Waals surface area (Å²) in [5.74, 6) is 0.405. The Morgan fingerprint density at radius 2 is 1.30 bits per heavy atom. The first-order valence-corrected chi connectivity index (χ1v) is 20.8. The molecule has 11 rings (SSSR count). The summed E-state index contributed by atoms with van der Waals surface area (Å²) in [7, 11) is 0. The summed E-state index contributed by atoms with van der Waals surface area (Å²) in [6.07, 6.45) is 6.12. The zero-order chi connectivity index (χ0) is 38.0. The van der Waals surface area contributed by atoms with E-state index in [0.29, 0.717) is 0 Å². The molecule has 0 saturated carbocycles. The lowest BCUT2D eigenvalue weighted by atomic mass is 9.78. The van der Waals surface area contributed by atoms with E-state index in [-0.39, 0.29) is 11.8 Å². The lowest BCUT2D eigenvalue weighted by molar-refractivity contribution is 0.847. The van der Waals surface area contributed by atoms with Gasteiger partial charge in [-0.1, -0.05) is 183 Å². The molecule has 57 heavy (non-hydrogen) atoms. The molecule has 0 radical (unpaired) electrons. The Hall–Kier alpha value is -6.54. The van der Waals surface area contributed by atoms with Gasteiger partial charge in [0.15, 0.2) is 0 Å². The van der Waals surface area contributed by atoms with E-state index in [0.717, 1.165) is 12.0 Å². The van der Waals surface area contributed by atoms with Crippen molar-refractivity contribution in [2.75, 3.05) is 0 Å². The average molecular weight is 745 g/mol. The molecule has 2 unspecified atom stereocenters. The van der Waals surface area contributed by atoms with Gasteiger partial charge in [-0.25, -0.2) is 0 Å². The fourth-order valence-electron chi connectivity index (χ4n) is 9.75. The second kappa shape index (κ2) is 13.6. The number of hydrogen-bond acceptors (Lipinski definition) is 1. The van der Waals surface area contributed by atoms with Crippen molar-refractivity contribution in [2.45, 2.75) is 25.2 Å². The highest BCUT2D eigenvalue weighted by Gasteiger charge is 2.36. The zero-order valence-corrected chi connectivity index (χ0v) is 32.7. The van der Waals surface area contributed by atoms with Crippen LogP contribution in [0.15, 0.2) is 200 Å². The van der Waals surface area contributed by atoms with Gasteiger partial charge in [-0.15, -0.1) is 11.3 Å². The molecular formula is C56H40S. The molecule has 0 nitrogen and oxygen atoms in total. The molecule has 1 heterocycles. The van der Waals surface area contributed by atoms with Crippen LogP contribution in [0.1, 0.15) is 57.2 Å². The number of rotatable bonds is 6. The lowest BCUT2D eigenvalue weighted by Gasteiger charge is -2.25. The first kappa shape index (κ1) is 33.8. The molecule has 0 aliphatic heterocycles. The second-order valence-corrected chi connectivity index (χ2v) is 16.7. The van der Waals surface area contributed by atoms with E-state index in [1.54, 1.807) is 0 Å². The summed E-state index contributed by atoms with van der Waals surface area (Å²) in [4.78, 5) is 0. The predicted molar refractivity (Wildman–Crippen MR) is 245 cm³/mol. The van der Waals surface area contributed by atoms with Gasteiger partial charge in [0.05, 0.1) is 0 Å². The van der Waals surface area contributed by atoms with Crippen LogP contribution in [0.4, 0.5) is 0 Å². The topological polar surface area (TPSA) is 0 Å². The Morgan fingerprint density at radius 3 is 2.18 bits per heavy atom. The highest BCUT2D eigenvalue weighted by Crippen LogP contribution is 2.55. The first-order chi connectivity index (χ1) is 28.1. The van der Waals surface area contributed by atoms with E-state index in [2.05, 4.69) is 195 Å². The van der Waals surface area contributed by atoms with Crippen molar-refractivity contribution in [3.63, 3.8) is 0 Å². The van der Waals surface area contributed by atoms with Crippen LogP contribution in [0.2, 0.25) is 0 Å². The van der Waals surface area contributed by atoms with Gasteiger partial charge in [-0.2, -0.15) is 0 Å². The van der Waals surface area contributed by atoms with Crippen molar-refractivity contribution in [3.05, 3.63) is 239 Å². The van der Waals surface area contributed by atoms with Crippen molar-refractivity contribution in [2.24, 2.45) is 0 Å². The summed E-state index contributed by atoms with van der Waals surface area (Å²) >= 11 is 1.92. The third kappa shape index (κ3) is 5.49. The van der Waals surface area contributed by atoms with Gasteiger partial charge >= 0.3 is 0 Å². The fourth-order valence-corrected chi connectivity index (χ4v) is 11.1. The Kier molecular flexibility index (Phi) is 8.05. The Morgan fingerprint density at radius 1 is 0.596 bits per heavy atom. The van der Waals surface area contributed by atoms with E-state index >= 15 is 0 Å². The molecule has 2 aliphatic rings. The molecule has 0 bridgehead atoms. The minimum Gasteiger partial charge on any atom is -0.134 e. The first-order valence-electron chi connectivity index (χ1n) is 20.0. The molecular weight excluding hydrogens is 705 g/mol. The van der Waals surface area contributed by atoms with E-state index in [4.69, 9.17) is 6.58 Å². The summed E-state index contributed by atoms with van der Waals surface area (Å²) in [6.45, 7) is 7.18. The monoisotopic (exact) mass is 744 g/mol. The smallest absolute Gasteiger partial charge is 0.0443 e. The third-order valence-electron chi connectivity index (χ3n) is 12.4. The molecule has 2 aliphatic carbocycles. The molecule has 0 spiro atoms. The Labute approximate surface area is 338 Å². The van der Waals surface area contributed by atoms with E-state index < -0.39 is 0 Å². The summed E-state index contributed by atoms with van der Waals surface area (Å²) in [5, 5.41) is 5.15. The van der Waals surface area contributed by atoms with Gasteiger partial charge in [0.2, 0.25) is 0 Å². The Bertz CT molecular complexity index is 3130. The van der Waals surface area contributed by atoms with Gasteiger partial charge in [-0.3, -0.25) is 0 Å². The molecule has 0 amide bonds. The largest absolute Gasteiger partial charge is 0.134 e. The minimum absolute atomic E-state index is 0.202. The molecule has 0 N–H and O–H groups in total. The summed E-state index contributed by atoms with van der Waals surface area (Å²) in [6, 6.07) is 64.8. The number of aryl methyl sites for hydroxylation is 1. The molecule has 1 aromatic heterocycles. The van der Waals surface area contributed by atoms with Gasteiger partial charge in [-0.05, 0) is 109 Å². The van der Waals surface area contributed by atoms with E-state index in [1.807, 2.05) is 11.3 Å². The molecule has 1 heteroatoms. The molecule has 270 valence electrons. The maximum atomic E-state index is 4.94. The fraction of sp³-hybridized carbons (Fsp3) is 0.0714. The van der Waals surface area contributed by atoms with Crippen LogP contribution in [0.5, 0.6) is 0 Å². The molecule has 2 atom stereocenters. The SMILES string of the molecule is C=C(c1cccc2ccccc12)c1c(-c2ccccc2C)cc(C2C=C3C(=CC2)C(c2cccc(-c4ccccc4)c2)c2ccccc23)c2c1sc1ccccc12. The Balaban J connectivity index is 1.12. The van der Waals surface area contributed by atoms with Crippen molar-refractivity contribution < 1.29 is 0 Å². The van der Waals surface area contributed by atoms with Crippen molar-refractivity contribution >= 4 is 53.4 Å². The molecule has 0 saturated heterocycles. The molecule has 9 aromatic rings. The predicted octanol–water partition coefficient (Wildman–Crippen LogP) is 15.6. The van der Waals surface area contributed by atoms with Crippen molar-refractivity contribution in [1.29, 1.82) is 0 Å². The second-order valence-electron chi connectivity index (χ2n) is 15.6. The van der Waals surface area contributed by atoms with E-state index in [9.17, 15) is 0 Å². The van der Waals surface area contributed by atoms with Crippen LogP contribution in [0.25, 0.3) is 64.3 Å². The molecule has 0 fully saturated rings. The standard InChI is InChI=1S/C56H40S/c1-35-16-6-8-23-42(35)51-34-49(55-48-27-12-13-29-52(48)57-56(55)53(51)36(2)43-28-15-20-38-19-7-9-24-44(38)43)40-30-31-47-50(33-40)45-25-10-11-26-46(45)54(47)41-22-14-21-39(32-41)37-17-4-3-5-18-37/h3-29,31-34,40,54H,2,30H2,1H3. The van der Waals surface area contributed by atoms with Gasteiger partial charge in [0.25, 0.3) is 0 Å². The maximum Gasteiger partial charge on any atom is 0.0443 e. The third-order valence-corrected chi connectivity index (χ3v) is 13.6. The normalized spacial score (nSPS) is 16.0. The lowest BCUT2D eigenvalue weighted by Crippen LogP contribution is -2.06. The van der Waals surface area contributed by atoms with E-state index in [1.165, 1.54) is 103 Å². The number of hydrogen-bond donors (Lipinski definition) is 0. The number of allylic oxidation sites excluding steroid dienone is 4. The average Bonchev–Trinajstić information content (AvgIpc) is 3.82. The van der Waals surface area contributed by atoms with Crippen molar-refractivity contribution in [1.82, 2.24) is 0 Å². The molecule has 8 aromatic carbocycles. The van der Waals surface area contributed by atoms with Crippen LogP contribution < -0.4 is 0 Å². The van der Waals surface area contributed by atoms with Crippen LogP contribution in [-0.4, -0.2) is 0 Å². The number of fused-ring (bicyclic) bond motifs is 7. The van der Waals surface area contributed by atoms with Crippen LogP contribution in [0.3, 0.4) is 0 Å². The van der Waals surface area contributed by atoms with Crippen LogP contribution in [0, 0.1) is 6.92 Å². The number of thiophene rings is 1. The van der Waals surface area contributed by atoms with Gasteiger partial charge in [0, 0.05) is 37.6 Å². The highest BCUT2D eigenvalue weighted by molar-refractivity contribution is 7.26. The summed E-state index contributed by atoms with van der Waals surface area (Å²) in [5.41, 5.74) is 18.1. The van der Waals surface area contributed by atoms with Crippen LogP contribution >= 0.6 is 11.3 Å². The van der Waals surface area contributed by atoms with Crippen molar-refractivity contribution in [3.8, 4) is 22.3 Å². The highest BCUT2D eigenvalue weighted by atomic mass is 32.1. The maximum absolute atomic E-state index is 4.94. The number of benzene rings is 8. The minimum atomic E-state index is 0.202. The van der Waals surface area contributed by atoms with Gasteiger partial charge < -0.3 is 0 Å². The van der Waals surface area contributed by atoms with Crippen LogP contribution in [-0.2, 0) is 0 Å². The quantitative estimate of drug-likeness (QED) is 0.159.